The third kappa shape index (κ3) is 3.98. The molecule has 1 aliphatic rings. The molecule has 27 heavy (non-hydrogen) atoms. The van der Waals surface area contributed by atoms with E-state index in [-0.39, 0.29) is 18.1 Å². The van der Waals surface area contributed by atoms with Gasteiger partial charge in [0.2, 0.25) is 5.76 Å². The summed E-state index contributed by atoms with van der Waals surface area (Å²) in [6.07, 6.45) is 1.53. The fourth-order valence-corrected chi connectivity index (χ4v) is 2.81. The molecule has 1 amide bonds. The van der Waals surface area contributed by atoms with Gasteiger partial charge in [0.15, 0.2) is 11.5 Å². The number of hydrogen-bond acceptors (Lipinski definition) is 8. The summed E-state index contributed by atoms with van der Waals surface area (Å²) in [5.74, 6) is 1.93. The van der Waals surface area contributed by atoms with E-state index in [9.17, 15) is 4.79 Å². The molecule has 0 radical (unpaired) electrons. The van der Waals surface area contributed by atoms with E-state index < -0.39 is 0 Å². The van der Waals surface area contributed by atoms with Gasteiger partial charge >= 0.3 is 0 Å². The number of aromatic nitrogens is 3. The third-order valence-corrected chi connectivity index (χ3v) is 4.14. The highest BCUT2D eigenvalue weighted by Gasteiger charge is 2.17. The van der Waals surface area contributed by atoms with Crippen molar-refractivity contribution >= 4 is 11.7 Å². The Labute approximate surface area is 155 Å². The van der Waals surface area contributed by atoms with Crippen LogP contribution >= 0.6 is 0 Å². The van der Waals surface area contributed by atoms with E-state index in [2.05, 4.69) is 25.3 Å². The monoisotopic (exact) mass is 369 g/mol. The minimum atomic E-state index is -0.366. The first kappa shape index (κ1) is 17.2. The molecule has 0 atom stereocenters. The van der Waals surface area contributed by atoms with Crippen LogP contribution in [0.3, 0.4) is 0 Å². The summed E-state index contributed by atoms with van der Waals surface area (Å²) in [6, 6.07) is 6.93. The Morgan fingerprint density at radius 2 is 2.07 bits per heavy atom. The molecule has 0 aliphatic carbocycles. The van der Waals surface area contributed by atoms with Crippen molar-refractivity contribution in [3.05, 3.63) is 47.7 Å². The Bertz CT molecular complexity index is 916. The predicted octanol–water partition coefficient (Wildman–Crippen LogP) is 1.80. The summed E-state index contributed by atoms with van der Waals surface area (Å²) in [5, 5.41) is 6.55. The van der Waals surface area contributed by atoms with Gasteiger partial charge in [-0.25, -0.2) is 9.97 Å². The Kier molecular flexibility index (Phi) is 4.84. The first-order valence-electron chi connectivity index (χ1n) is 8.65. The average molecular weight is 369 g/mol. The molecular formula is C18H19N5O4. The molecule has 1 aliphatic heterocycles. The zero-order valence-corrected chi connectivity index (χ0v) is 14.8. The van der Waals surface area contributed by atoms with Crippen molar-refractivity contribution < 1.29 is 18.5 Å². The van der Waals surface area contributed by atoms with Gasteiger partial charge in [-0.3, -0.25) is 4.79 Å². The number of hydrogen-bond donors (Lipinski definition) is 1. The Balaban J connectivity index is 1.42. The van der Waals surface area contributed by atoms with Crippen LogP contribution in [0.25, 0.3) is 11.5 Å². The minimum Gasteiger partial charge on any atom is -0.461 e. The second-order valence-electron chi connectivity index (χ2n) is 6.12. The van der Waals surface area contributed by atoms with E-state index >= 15 is 0 Å². The summed E-state index contributed by atoms with van der Waals surface area (Å²) in [6.45, 7) is 5.04. The van der Waals surface area contributed by atoms with Crippen molar-refractivity contribution in [1.29, 1.82) is 0 Å². The molecule has 3 aromatic heterocycles. The summed E-state index contributed by atoms with van der Waals surface area (Å²) >= 11 is 0. The molecule has 0 saturated carbocycles. The number of nitrogens with zero attached hydrogens (tertiary/aromatic N) is 4. The number of carbonyl (C=O) groups is 1. The van der Waals surface area contributed by atoms with Crippen LogP contribution in [0, 0.1) is 6.92 Å². The fraction of sp³-hybridized carbons (Fsp3) is 0.333. The second-order valence-corrected chi connectivity index (χ2v) is 6.12. The lowest BCUT2D eigenvalue weighted by Gasteiger charge is -2.28. The molecule has 1 saturated heterocycles. The van der Waals surface area contributed by atoms with Crippen molar-refractivity contribution in [2.75, 3.05) is 31.2 Å². The maximum absolute atomic E-state index is 12.3. The van der Waals surface area contributed by atoms with Crippen LogP contribution in [-0.4, -0.2) is 47.3 Å². The van der Waals surface area contributed by atoms with E-state index in [1.54, 1.807) is 12.1 Å². The lowest BCUT2D eigenvalue weighted by molar-refractivity contribution is 0.0941. The Hall–Kier alpha value is -3.20. The van der Waals surface area contributed by atoms with Gasteiger partial charge in [0.05, 0.1) is 26.0 Å². The van der Waals surface area contributed by atoms with Gasteiger partial charge in [-0.1, -0.05) is 5.16 Å². The number of carbonyl (C=O) groups excluding carboxylic acids is 1. The topological polar surface area (TPSA) is 107 Å². The molecule has 4 heterocycles. The van der Waals surface area contributed by atoms with Crippen LogP contribution in [0.5, 0.6) is 0 Å². The number of nitrogens with one attached hydrogen (secondary N) is 1. The van der Waals surface area contributed by atoms with Crippen LogP contribution < -0.4 is 10.2 Å². The predicted molar refractivity (Wildman–Crippen MR) is 95.2 cm³/mol. The van der Waals surface area contributed by atoms with Crippen molar-refractivity contribution in [3.63, 3.8) is 0 Å². The van der Waals surface area contributed by atoms with Gasteiger partial charge in [-0.15, -0.1) is 0 Å². The number of ether oxygens (including phenoxy) is 1. The molecule has 140 valence electrons. The van der Waals surface area contributed by atoms with Gasteiger partial charge in [-0.05, 0) is 19.1 Å². The van der Waals surface area contributed by atoms with Gasteiger partial charge in [0.1, 0.15) is 11.6 Å². The average Bonchev–Trinajstić information content (AvgIpc) is 3.38. The summed E-state index contributed by atoms with van der Waals surface area (Å²) < 4.78 is 15.7. The van der Waals surface area contributed by atoms with Crippen LogP contribution in [0.4, 0.5) is 5.82 Å². The SMILES string of the molecule is Cc1cc(N2CCOCC2)nc(CNC(=O)c2cc(-c3ccco3)on2)n1. The summed E-state index contributed by atoms with van der Waals surface area (Å²) in [7, 11) is 0. The van der Waals surface area contributed by atoms with Gasteiger partial charge in [0.25, 0.3) is 5.91 Å². The molecule has 1 N–H and O–H groups in total. The quantitative estimate of drug-likeness (QED) is 0.726. The fourth-order valence-electron chi connectivity index (χ4n) is 2.81. The number of rotatable bonds is 5. The van der Waals surface area contributed by atoms with E-state index in [0.717, 1.165) is 24.6 Å². The standard InChI is InChI=1S/C18H19N5O4/c1-12-9-17(23-4-7-25-8-5-23)21-16(20-12)11-19-18(24)13-10-15(27-22-13)14-3-2-6-26-14/h2-3,6,9-10H,4-5,7-8,11H2,1H3,(H,19,24). The summed E-state index contributed by atoms with van der Waals surface area (Å²) in [4.78, 5) is 23.4. The highest BCUT2D eigenvalue weighted by Crippen LogP contribution is 2.20. The second kappa shape index (κ2) is 7.58. The first-order chi connectivity index (χ1) is 13.2. The van der Waals surface area contributed by atoms with Crippen LogP contribution in [0.1, 0.15) is 22.0 Å². The highest BCUT2D eigenvalue weighted by molar-refractivity contribution is 5.92. The van der Waals surface area contributed by atoms with E-state index in [0.29, 0.717) is 30.6 Å². The smallest absolute Gasteiger partial charge is 0.273 e. The highest BCUT2D eigenvalue weighted by atomic mass is 16.5. The Morgan fingerprint density at radius 3 is 2.85 bits per heavy atom. The maximum atomic E-state index is 12.3. The Morgan fingerprint density at radius 1 is 1.22 bits per heavy atom. The van der Waals surface area contributed by atoms with Crippen molar-refractivity contribution in [2.24, 2.45) is 0 Å². The summed E-state index contributed by atoms with van der Waals surface area (Å²) in [5.41, 5.74) is 1.01. The molecule has 1 fully saturated rings. The number of morpholine rings is 1. The zero-order valence-electron chi connectivity index (χ0n) is 14.8. The van der Waals surface area contributed by atoms with Gasteiger partial charge in [-0.2, -0.15) is 0 Å². The molecule has 4 rings (SSSR count). The van der Waals surface area contributed by atoms with Crippen molar-refractivity contribution in [3.8, 4) is 11.5 Å². The van der Waals surface area contributed by atoms with Gasteiger partial charge < -0.3 is 23.9 Å². The van der Waals surface area contributed by atoms with E-state index in [1.807, 2.05) is 13.0 Å². The number of furan rings is 1. The molecule has 0 bridgehead atoms. The number of amides is 1. The van der Waals surface area contributed by atoms with Gasteiger partial charge in [0, 0.05) is 30.9 Å². The van der Waals surface area contributed by atoms with Crippen LogP contribution in [0.15, 0.2) is 39.5 Å². The van der Waals surface area contributed by atoms with Crippen LogP contribution in [0.2, 0.25) is 0 Å². The molecule has 3 aromatic rings. The first-order valence-corrected chi connectivity index (χ1v) is 8.65. The van der Waals surface area contributed by atoms with Crippen molar-refractivity contribution in [2.45, 2.75) is 13.5 Å². The number of aryl methyl sites for hydroxylation is 1. The van der Waals surface area contributed by atoms with Crippen LogP contribution in [-0.2, 0) is 11.3 Å². The normalized spacial score (nSPS) is 14.3. The molecule has 9 nitrogen and oxygen atoms in total. The molecule has 0 aromatic carbocycles. The lowest BCUT2D eigenvalue weighted by Crippen LogP contribution is -2.37. The molecule has 9 heteroatoms. The third-order valence-electron chi connectivity index (χ3n) is 4.14. The molecule has 0 spiro atoms. The molecule has 0 unspecified atom stereocenters. The number of anilines is 1. The molecular weight excluding hydrogens is 350 g/mol. The minimum absolute atomic E-state index is 0.169. The van der Waals surface area contributed by atoms with Crippen molar-refractivity contribution in [1.82, 2.24) is 20.4 Å². The zero-order chi connectivity index (χ0) is 18.6. The maximum Gasteiger partial charge on any atom is 0.273 e. The lowest BCUT2D eigenvalue weighted by atomic mass is 10.3. The largest absolute Gasteiger partial charge is 0.461 e. The van der Waals surface area contributed by atoms with E-state index in [1.165, 1.54) is 12.3 Å². The van der Waals surface area contributed by atoms with E-state index in [4.69, 9.17) is 13.7 Å².